The van der Waals surface area contributed by atoms with Gasteiger partial charge in [-0.1, -0.05) is 48.5 Å². The lowest BCUT2D eigenvalue weighted by molar-refractivity contribution is 0.441. The normalized spacial score (nSPS) is 13.7. The van der Waals surface area contributed by atoms with Crippen molar-refractivity contribution in [3.8, 4) is 11.1 Å². The van der Waals surface area contributed by atoms with Gasteiger partial charge < -0.3 is 4.55 Å². The lowest BCUT2D eigenvalue weighted by atomic mass is 9.93. The molecule has 0 spiro atoms. The van der Waals surface area contributed by atoms with Crippen LogP contribution in [-0.4, -0.2) is 20.1 Å². The predicted molar refractivity (Wildman–Crippen MR) is 109 cm³/mol. The van der Waals surface area contributed by atoms with Crippen LogP contribution in [-0.2, 0) is 26.3 Å². The van der Waals surface area contributed by atoms with Crippen LogP contribution in [0.1, 0.15) is 0 Å². The molecule has 2 atom stereocenters. The van der Waals surface area contributed by atoms with Crippen LogP contribution in [0, 0.1) is 11.6 Å². The second-order valence-corrected chi connectivity index (χ2v) is 8.34. The number of hydrogen-bond acceptors (Lipinski definition) is 3. The number of rotatable bonds is 4. The summed E-state index contributed by atoms with van der Waals surface area (Å²) in [4.78, 5) is -0.817. The molecule has 0 aromatic heterocycles. The summed E-state index contributed by atoms with van der Waals surface area (Å²) in [6.07, 6.45) is 0. The SMILES string of the molecule is COS(=O)c1c(F)cc2ccccc2c1-c1c(S(=O)O)c(F)cc2ccccc12. The zero-order chi connectivity index (χ0) is 20.7. The lowest BCUT2D eigenvalue weighted by Gasteiger charge is -2.18. The molecule has 0 aliphatic rings. The lowest BCUT2D eigenvalue weighted by Crippen LogP contribution is -2.05. The zero-order valence-electron chi connectivity index (χ0n) is 15.0. The van der Waals surface area contributed by atoms with Crippen molar-refractivity contribution in [2.45, 2.75) is 9.79 Å². The van der Waals surface area contributed by atoms with Gasteiger partial charge in [0, 0.05) is 11.1 Å². The smallest absolute Gasteiger partial charge is 0.192 e. The maximum absolute atomic E-state index is 15.0. The van der Waals surface area contributed by atoms with E-state index in [1.165, 1.54) is 6.07 Å². The summed E-state index contributed by atoms with van der Waals surface area (Å²) in [5.41, 5.74) is 0.0754. The molecule has 1 N–H and O–H groups in total. The third-order valence-corrected chi connectivity index (χ3v) is 6.44. The van der Waals surface area contributed by atoms with Gasteiger partial charge in [-0.3, -0.25) is 4.18 Å². The molecule has 8 heteroatoms. The van der Waals surface area contributed by atoms with Gasteiger partial charge in [-0.05, 0) is 33.7 Å². The molecule has 0 aliphatic heterocycles. The maximum atomic E-state index is 15.0. The van der Waals surface area contributed by atoms with E-state index in [1.807, 2.05) is 0 Å². The van der Waals surface area contributed by atoms with E-state index in [1.54, 1.807) is 48.5 Å². The first-order valence-corrected chi connectivity index (χ1v) is 10.6. The number of fused-ring (bicyclic) bond motifs is 2. The molecule has 4 aromatic rings. The summed E-state index contributed by atoms with van der Waals surface area (Å²) in [5, 5.41) is 1.81. The van der Waals surface area contributed by atoms with Gasteiger partial charge in [0.05, 0.1) is 7.11 Å². The third kappa shape index (κ3) is 3.28. The van der Waals surface area contributed by atoms with Crippen molar-refractivity contribution in [1.82, 2.24) is 0 Å². The molecular formula is C21H14F2O4S2. The molecule has 4 nitrogen and oxygen atoms in total. The van der Waals surface area contributed by atoms with Gasteiger partial charge in [0.1, 0.15) is 21.4 Å². The summed E-state index contributed by atoms with van der Waals surface area (Å²) in [5.74, 6) is -1.73. The molecule has 0 saturated heterocycles. The van der Waals surface area contributed by atoms with Crippen molar-refractivity contribution in [1.29, 1.82) is 0 Å². The third-order valence-electron chi connectivity index (χ3n) is 4.66. The molecular weight excluding hydrogens is 418 g/mol. The molecule has 148 valence electrons. The first-order valence-electron chi connectivity index (χ1n) is 8.44. The second-order valence-electron chi connectivity index (χ2n) is 6.22. The van der Waals surface area contributed by atoms with Crippen molar-refractivity contribution < 1.29 is 25.9 Å². The van der Waals surface area contributed by atoms with E-state index >= 15 is 4.39 Å². The van der Waals surface area contributed by atoms with E-state index in [0.29, 0.717) is 21.5 Å². The van der Waals surface area contributed by atoms with Crippen molar-refractivity contribution in [2.75, 3.05) is 7.11 Å². The van der Waals surface area contributed by atoms with Gasteiger partial charge in [-0.25, -0.2) is 17.2 Å². The molecule has 2 unspecified atom stereocenters. The monoisotopic (exact) mass is 432 g/mol. The van der Waals surface area contributed by atoms with Gasteiger partial charge in [0.2, 0.25) is 0 Å². The first-order chi connectivity index (χ1) is 13.9. The van der Waals surface area contributed by atoms with Crippen molar-refractivity contribution in [3.63, 3.8) is 0 Å². The highest BCUT2D eigenvalue weighted by Crippen LogP contribution is 2.43. The molecule has 4 aromatic carbocycles. The number of halogens is 2. The van der Waals surface area contributed by atoms with Crippen LogP contribution in [0.5, 0.6) is 0 Å². The standard InChI is InChI=1S/C21H14F2O4S2/c1-27-29(26)21-17(23)11-13-7-3-5-9-15(13)19(21)18-14-8-4-2-6-12(14)10-16(22)20(18)28(24)25/h2-11H,1H3,(H,24,25). The Hall–Kier alpha value is -2.52. The second kappa shape index (κ2) is 7.72. The van der Waals surface area contributed by atoms with Gasteiger partial charge in [-0.15, -0.1) is 0 Å². The van der Waals surface area contributed by atoms with E-state index in [4.69, 9.17) is 4.18 Å². The highest BCUT2D eigenvalue weighted by molar-refractivity contribution is 7.80. The summed E-state index contributed by atoms with van der Waals surface area (Å²) in [6.45, 7) is 0. The van der Waals surface area contributed by atoms with E-state index in [2.05, 4.69) is 0 Å². The summed E-state index contributed by atoms with van der Waals surface area (Å²) < 4.78 is 69.3. The van der Waals surface area contributed by atoms with Gasteiger partial charge in [-0.2, -0.15) is 0 Å². The maximum Gasteiger partial charge on any atom is 0.192 e. The Kier molecular flexibility index (Phi) is 5.26. The quantitative estimate of drug-likeness (QED) is 0.451. The highest BCUT2D eigenvalue weighted by atomic mass is 32.2. The Bertz CT molecular complexity index is 1320. The average Bonchev–Trinajstić information content (AvgIpc) is 2.71. The van der Waals surface area contributed by atoms with E-state index < -0.39 is 38.7 Å². The number of hydrogen-bond donors (Lipinski definition) is 1. The number of benzene rings is 4. The molecule has 29 heavy (non-hydrogen) atoms. The fraction of sp³-hybridized carbons (Fsp3) is 0.0476. The minimum absolute atomic E-state index is 0.0116. The summed E-state index contributed by atoms with van der Waals surface area (Å²) >= 11 is -4.94. The van der Waals surface area contributed by atoms with Crippen LogP contribution in [0.25, 0.3) is 32.7 Å². The Morgan fingerprint density at radius 1 is 0.793 bits per heavy atom. The molecule has 0 amide bonds. The van der Waals surface area contributed by atoms with Crippen molar-refractivity contribution in [3.05, 3.63) is 72.3 Å². The first kappa shape index (κ1) is 19.8. The minimum atomic E-state index is -2.72. The Balaban J connectivity index is 2.33. The average molecular weight is 432 g/mol. The molecule has 0 saturated carbocycles. The topological polar surface area (TPSA) is 63.6 Å². The molecule has 0 heterocycles. The van der Waals surface area contributed by atoms with Crippen molar-refractivity contribution >= 4 is 43.7 Å². The molecule has 0 bridgehead atoms. The van der Waals surface area contributed by atoms with Crippen LogP contribution in [0.2, 0.25) is 0 Å². The minimum Gasteiger partial charge on any atom is -0.302 e. The van der Waals surface area contributed by atoms with Crippen LogP contribution in [0.4, 0.5) is 8.78 Å². The fourth-order valence-electron chi connectivity index (χ4n) is 3.50. The van der Waals surface area contributed by atoms with Gasteiger partial charge in [0.25, 0.3) is 0 Å². The zero-order valence-corrected chi connectivity index (χ0v) is 16.7. The predicted octanol–water partition coefficient (Wildman–Crippen LogP) is 5.19. The van der Waals surface area contributed by atoms with Gasteiger partial charge in [0.15, 0.2) is 22.2 Å². The summed E-state index contributed by atoms with van der Waals surface area (Å²) in [7, 11) is 1.16. The van der Waals surface area contributed by atoms with E-state index in [0.717, 1.165) is 13.2 Å². The van der Waals surface area contributed by atoms with Crippen LogP contribution < -0.4 is 0 Å². The Morgan fingerprint density at radius 3 is 1.72 bits per heavy atom. The fourth-order valence-corrected chi connectivity index (χ4v) is 4.88. The molecule has 0 fully saturated rings. The van der Waals surface area contributed by atoms with Crippen LogP contribution in [0.15, 0.2) is 70.5 Å². The molecule has 4 rings (SSSR count). The Morgan fingerprint density at radius 2 is 1.24 bits per heavy atom. The largest absolute Gasteiger partial charge is 0.302 e. The Labute approximate surface area is 170 Å². The van der Waals surface area contributed by atoms with Gasteiger partial charge >= 0.3 is 0 Å². The van der Waals surface area contributed by atoms with E-state index in [-0.39, 0.29) is 16.0 Å². The highest BCUT2D eigenvalue weighted by Gasteiger charge is 2.27. The van der Waals surface area contributed by atoms with E-state index in [9.17, 15) is 17.4 Å². The van der Waals surface area contributed by atoms with Crippen LogP contribution >= 0.6 is 0 Å². The van der Waals surface area contributed by atoms with Crippen molar-refractivity contribution in [2.24, 2.45) is 0 Å². The molecule has 0 aliphatic carbocycles. The van der Waals surface area contributed by atoms with Crippen LogP contribution in [0.3, 0.4) is 0 Å². The molecule has 0 radical (unpaired) electrons. The summed E-state index contributed by atoms with van der Waals surface area (Å²) in [6, 6.07) is 15.7.